The molecule has 0 spiro atoms. The molecule has 5 atom stereocenters. The summed E-state index contributed by atoms with van der Waals surface area (Å²) in [6.45, 7) is 4.79. The third kappa shape index (κ3) is 5.90. The van der Waals surface area contributed by atoms with Gasteiger partial charge in [0.15, 0.2) is 0 Å². The van der Waals surface area contributed by atoms with E-state index in [0.29, 0.717) is 25.8 Å². The quantitative estimate of drug-likeness (QED) is 0.319. The number of aliphatic carboxylic acids is 1. The van der Waals surface area contributed by atoms with Crippen molar-refractivity contribution in [2.45, 2.75) is 64.2 Å². The van der Waals surface area contributed by atoms with Crippen LogP contribution in [-0.4, -0.2) is 76.1 Å². The number of likely N-dealkylation sites (tertiary alicyclic amines) is 1. The fourth-order valence-electron chi connectivity index (χ4n) is 2.96. The first-order valence-corrected chi connectivity index (χ1v) is 9.14. The molecule has 1 aliphatic heterocycles. The summed E-state index contributed by atoms with van der Waals surface area (Å²) in [6.07, 6.45) is 1.68. The normalized spacial score (nSPS) is 21.1. The Morgan fingerprint density at radius 3 is 2.33 bits per heavy atom. The first-order chi connectivity index (χ1) is 12.6. The third-order valence-corrected chi connectivity index (χ3v) is 4.82. The van der Waals surface area contributed by atoms with Crippen molar-refractivity contribution in [2.24, 2.45) is 11.7 Å². The molecule has 0 radical (unpaired) electrons. The van der Waals surface area contributed by atoms with Crippen LogP contribution in [0.25, 0.3) is 0 Å². The van der Waals surface area contributed by atoms with Crippen LogP contribution in [0.5, 0.6) is 0 Å². The Morgan fingerprint density at radius 1 is 1.22 bits per heavy atom. The molecule has 0 aliphatic carbocycles. The van der Waals surface area contributed by atoms with Crippen LogP contribution < -0.4 is 16.4 Å². The van der Waals surface area contributed by atoms with Gasteiger partial charge in [-0.05, 0) is 25.7 Å². The largest absolute Gasteiger partial charge is 0.480 e. The van der Waals surface area contributed by atoms with Crippen molar-refractivity contribution >= 4 is 23.7 Å². The third-order valence-electron chi connectivity index (χ3n) is 4.82. The predicted octanol–water partition coefficient (Wildman–Crippen LogP) is -1.58. The van der Waals surface area contributed by atoms with Gasteiger partial charge in [0.25, 0.3) is 0 Å². The number of carbonyl (C=O) groups excluding carboxylic acids is 3. The minimum Gasteiger partial charge on any atom is -0.480 e. The summed E-state index contributed by atoms with van der Waals surface area (Å²) in [7, 11) is 0. The molecule has 1 fully saturated rings. The van der Waals surface area contributed by atoms with Crippen molar-refractivity contribution in [2.75, 3.05) is 13.2 Å². The van der Waals surface area contributed by atoms with E-state index in [1.54, 1.807) is 13.8 Å². The second kappa shape index (κ2) is 10.2. The molecule has 27 heavy (non-hydrogen) atoms. The predicted molar refractivity (Wildman–Crippen MR) is 96.4 cm³/mol. The number of carbonyl (C=O) groups is 4. The van der Waals surface area contributed by atoms with E-state index in [-0.39, 0.29) is 11.8 Å². The molecule has 154 valence electrons. The highest BCUT2D eigenvalue weighted by atomic mass is 16.4. The van der Waals surface area contributed by atoms with Gasteiger partial charge in [-0.25, -0.2) is 4.79 Å². The molecule has 0 aromatic rings. The summed E-state index contributed by atoms with van der Waals surface area (Å²) >= 11 is 0. The topological polar surface area (TPSA) is 162 Å². The van der Waals surface area contributed by atoms with Crippen LogP contribution in [-0.2, 0) is 19.2 Å². The molecule has 6 N–H and O–H groups in total. The minimum absolute atomic E-state index is 0.277. The maximum atomic E-state index is 12.7. The number of carboxylic acid groups (broad SMARTS) is 1. The van der Waals surface area contributed by atoms with Crippen LogP contribution >= 0.6 is 0 Å². The molecular weight excluding hydrogens is 356 g/mol. The van der Waals surface area contributed by atoms with Crippen LogP contribution in [0.3, 0.4) is 0 Å². The molecule has 1 saturated heterocycles. The Bertz CT molecular complexity index is 568. The second-order valence-corrected chi connectivity index (χ2v) is 6.93. The molecule has 1 rings (SSSR count). The zero-order valence-corrected chi connectivity index (χ0v) is 16.0. The van der Waals surface area contributed by atoms with E-state index in [2.05, 4.69) is 10.6 Å². The molecule has 1 heterocycles. The summed E-state index contributed by atoms with van der Waals surface area (Å²) in [5.41, 5.74) is 5.63. The van der Waals surface area contributed by atoms with E-state index in [1.165, 1.54) is 4.90 Å². The van der Waals surface area contributed by atoms with Gasteiger partial charge in [0.2, 0.25) is 17.7 Å². The van der Waals surface area contributed by atoms with Gasteiger partial charge in [-0.3, -0.25) is 14.4 Å². The number of nitrogens with zero attached hydrogens (tertiary/aromatic N) is 1. The average molecular weight is 386 g/mol. The molecule has 3 amide bonds. The van der Waals surface area contributed by atoms with Crippen molar-refractivity contribution in [3.8, 4) is 0 Å². The van der Waals surface area contributed by atoms with Gasteiger partial charge in [-0.1, -0.05) is 20.3 Å². The maximum absolute atomic E-state index is 12.7. The number of aliphatic hydroxyl groups is 1. The number of hydrogen-bond acceptors (Lipinski definition) is 6. The van der Waals surface area contributed by atoms with Crippen molar-refractivity contribution in [1.29, 1.82) is 0 Å². The van der Waals surface area contributed by atoms with Crippen molar-refractivity contribution in [1.82, 2.24) is 15.5 Å². The number of hydrogen-bond donors (Lipinski definition) is 5. The zero-order valence-electron chi connectivity index (χ0n) is 16.0. The molecule has 0 aromatic heterocycles. The molecule has 1 aliphatic rings. The van der Waals surface area contributed by atoms with E-state index in [9.17, 15) is 19.2 Å². The van der Waals surface area contributed by atoms with E-state index >= 15 is 0 Å². The summed E-state index contributed by atoms with van der Waals surface area (Å²) in [4.78, 5) is 49.8. The van der Waals surface area contributed by atoms with Crippen LogP contribution in [0.4, 0.5) is 0 Å². The number of amides is 3. The number of carboxylic acids is 1. The fourth-order valence-corrected chi connectivity index (χ4v) is 2.96. The fraction of sp³-hybridized carbons (Fsp3) is 0.765. The van der Waals surface area contributed by atoms with Gasteiger partial charge < -0.3 is 31.5 Å². The molecule has 0 saturated carbocycles. The maximum Gasteiger partial charge on any atom is 0.328 e. The van der Waals surface area contributed by atoms with Crippen LogP contribution in [0.15, 0.2) is 0 Å². The molecule has 10 nitrogen and oxygen atoms in total. The van der Waals surface area contributed by atoms with Crippen LogP contribution in [0.2, 0.25) is 0 Å². The Labute approximate surface area is 158 Å². The highest BCUT2D eigenvalue weighted by Gasteiger charge is 2.38. The van der Waals surface area contributed by atoms with Crippen LogP contribution in [0.1, 0.15) is 40.0 Å². The van der Waals surface area contributed by atoms with Gasteiger partial charge in [0.05, 0.1) is 12.6 Å². The lowest BCUT2D eigenvalue weighted by Crippen LogP contribution is -2.58. The molecule has 10 heteroatoms. The summed E-state index contributed by atoms with van der Waals surface area (Å²) in [6, 6.07) is -3.88. The van der Waals surface area contributed by atoms with Crippen molar-refractivity contribution in [3.05, 3.63) is 0 Å². The highest BCUT2D eigenvalue weighted by Crippen LogP contribution is 2.19. The number of aliphatic hydroxyl groups excluding tert-OH is 1. The van der Waals surface area contributed by atoms with Gasteiger partial charge >= 0.3 is 5.97 Å². The van der Waals surface area contributed by atoms with Crippen LogP contribution in [0, 0.1) is 5.92 Å². The average Bonchev–Trinajstić information content (AvgIpc) is 3.11. The minimum atomic E-state index is -1.45. The van der Waals surface area contributed by atoms with Gasteiger partial charge in [0.1, 0.15) is 18.1 Å². The van der Waals surface area contributed by atoms with Gasteiger partial charge in [-0.15, -0.1) is 0 Å². The Hall–Kier alpha value is -2.20. The van der Waals surface area contributed by atoms with Gasteiger partial charge in [0, 0.05) is 6.54 Å². The molecule has 0 bridgehead atoms. The first-order valence-electron chi connectivity index (χ1n) is 9.14. The number of rotatable bonds is 9. The van der Waals surface area contributed by atoms with E-state index in [0.717, 1.165) is 0 Å². The second-order valence-electron chi connectivity index (χ2n) is 6.93. The lowest BCUT2D eigenvalue weighted by molar-refractivity contribution is -0.144. The summed E-state index contributed by atoms with van der Waals surface area (Å²) < 4.78 is 0. The van der Waals surface area contributed by atoms with E-state index in [1.807, 2.05) is 6.92 Å². The SMILES string of the molecule is CCC(C)C(NC(=O)C1CCCN1C(=O)C(C)N)C(=O)NC(CO)C(=O)O. The molecular formula is C17H30N4O6. The summed E-state index contributed by atoms with van der Waals surface area (Å²) in [5.74, 6) is -3.14. The zero-order chi connectivity index (χ0) is 20.7. The van der Waals surface area contributed by atoms with Crippen molar-refractivity contribution in [3.63, 3.8) is 0 Å². The first kappa shape index (κ1) is 22.8. The van der Waals surface area contributed by atoms with E-state index < -0.39 is 48.6 Å². The Morgan fingerprint density at radius 2 is 1.85 bits per heavy atom. The lowest BCUT2D eigenvalue weighted by atomic mass is 9.97. The van der Waals surface area contributed by atoms with E-state index in [4.69, 9.17) is 15.9 Å². The number of nitrogens with one attached hydrogen (secondary N) is 2. The summed E-state index contributed by atoms with van der Waals surface area (Å²) in [5, 5.41) is 22.9. The lowest BCUT2D eigenvalue weighted by Gasteiger charge is -2.29. The van der Waals surface area contributed by atoms with Crippen molar-refractivity contribution < 1.29 is 29.4 Å². The monoisotopic (exact) mass is 386 g/mol. The standard InChI is InChI=1S/C17H30N4O6/c1-4-9(2)13(15(24)19-11(8-22)17(26)27)20-14(23)12-6-5-7-21(12)16(25)10(3)18/h9-13,22H,4-8,18H2,1-3H3,(H,19,24)(H,20,23)(H,26,27). The smallest absolute Gasteiger partial charge is 0.328 e. The highest BCUT2D eigenvalue weighted by molar-refractivity contribution is 5.94. The molecule has 0 aromatic carbocycles. The Balaban J connectivity index is 2.89. The Kier molecular flexibility index (Phi) is 8.64. The molecule has 5 unspecified atom stereocenters. The number of nitrogens with two attached hydrogens (primary N) is 1. The van der Waals surface area contributed by atoms with Gasteiger partial charge in [-0.2, -0.15) is 0 Å².